The molecular weight excluding hydrogens is 270 g/mol. The van der Waals surface area contributed by atoms with E-state index in [9.17, 15) is 4.79 Å². The van der Waals surface area contributed by atoms with Crippen molar-refractivity contribution in [3.63, 3.8) is 0 Å². The van der Waals surface area contributed by atoms with E-state index in [-0.39, 0.29) is 11.4 Å². The quantitative estimate of drug-likeness (QED) is 0.797. The Kier molecular flexibility index (Phi) is 4.70. The minimum atomic E-state index is -0.175. The van der Waals surface area contributed by atoms with Crippen molar-refractivity contribution in [2.75, 3.05) is 7.05 Å². The first-order valence-electron chi connectivity index (χ1n) is 7.80. The Labute approximate surface area is 133 Å². The molecule has 0 spiro atoms. The van der Waals surface area contributed by atoms with Crippen LogP contribution in [0.1, 0.15) is 43.6 Å². The number of hydrogen-bond donors (Lipinski definition) is 0. The van der Waals surface area contributed by atoms with Crippen molar-refractivity contribution in [3.05, 3.63) is 59.7 Å². The van der Waals surface area contributed by atoms with Crippen molar-refractivity contribution < 1.29 is 4.79 Å². The Morgan fingerprint density at radius 2 is 1.36 bits per heavy atom. The van der Waals surface area contributed by atoms with Crippen LogP contribution in [0.25, 0.3) is 11.1 Å². The Balaban J connectivity index is 2.21. The molecule has 2 aromatic rings. The summed E-state index contributed by atoms with van der Waals surface area (Å²) in [5.74, 6) is 0.0559. The molecule has 22 heavy (non-hydrogen) atoms. The second-order valence-corrected chi connectivity index (χ2v) is 6.66. The Morgan fingerprint density at radius 1 is 0.909 bits per heavy atom. The number of amides is 1. The van der Waals surface area contributed by atoms with Crippen LogP contribution >= 0.6 is 0 Å². The molecule has 0 aromatic heterocycles. The monoisotopic (exact) mass is 295 g/mol. The molecule has 116 valence electrons. The van der Waals surface area contributed by atoms with Crippen molar-refractivity contribution >= 4 is 5.91 Å². The van der Waals surface area contributed by atoms with Gasteiger partial charge in [0.25, 0.3) is 5.91 Å². The fourth-order valence-electron chi connectivity index (χ4n) is 2.24. The van der Waals surface area contributed by atoms with E-state index in [1.54, 1.807) is 4.90 Å². The lowest BCUT2D eigenvalue weighted by Crippen LogP contribution is -2.42. The molecule has 0 fully saturated rings. The van der Waals surface area contributed by atoms with Crippen LogP contribution in [-0.4, -0.2) is 23.4 Å². The van der Waals surface area contributed by atoms with Gasteiger partial charge in [0, 0.05) is 18.2 Å². The molecule has 2 aromatic carbocycles. The first-order valence-corrected chi connectivity index (χ1v) is 7.80. The highest BCUT2D eigenvalue weighted by Gasteiger charge is 2.23. The van der Waals surface area contributed by atoms with Gasteiger partial charge in [-0.2, -0.15) is 0 Å². The van der Waals surface area contributed by atoms with Gasteiger partial charge in [-0.15, -0.1) is 0 Å². The van der Waals surface area contributed by atoms with Crippen LogP contribution in [0.15, 0.2) is 48.5 Å². The molecule has 0 aliphatic carbocycles. The molecule has 2 nitrogen and oxygen atoms in total. The standard InChI is InChI=1S/C20H25NO/c1-6-15-7-9-16(10-8-15)17-11-13-18(14-12-17)19(22)21(5)20(2,3)4/h7-14H,6H2,1-5H3. The molecule has 0 unspecified atom stereocenters. The van der Waals surface area contributed by atoms with Gasteiger partial charge in [-0.1, -0.05) is 43.3 Å². The zero-order chi connectivity index (χ0) is 16.3. The summed E-state index contributed by atoms with van der Waals surface area (Å²) in [6.07, 6.45) is 1.05. The average molecular weight is 295 g/mol. The SMILES string of the molecule is CCc1ccc(-c2ccc(C(=O)N(C)C(C)(C)C)cc2)cc1. The molecule has 0 N–H and O–H groups in total. The summed E-state index contributed by atoms with van der Waals surface area (Å²) >= 11 is 0. The third kappa shape index (κ3) is 3.56. The zero-order valence-electron chi connectivity index (χ0n) is 14.2. The second kappa shape index (κ2) is 6.35. The summed E-state index contributed by atoms with van der Waals surface area (Å²) in [6, 6.07) is 16.4. The van der Waals surface area contributed by atoms with Crippen LogP contribution < -0.4 is 0 Å². The summed E-state index contributed by atoms with van der Waals surface area (Å²) in [5, 5.41) is 0. The summed E-state index contributed by atoms with van der Waals surface area (Å²) in [5.41, 5.74) is 4.21. The molecule has 2 rings (SSSR count). The van der Waals surface area contributed by atoms with Gasteiger partial charge in [0.15, 0.2) is 0 Å². The van der Waals surface area contributed by atoms with Gasteiger partial charge in [0.05, 0.1) is 0 Å². The minimum Gasteiger partial charge on any atom is -0.337 e. The zero-order valence-corrected chi connectivity index (χ0v) is 14.2. The van der Waals surface area contributed by atoms with E-state index in [0.717, 1.165) is 17.5 Å². The number of benzene rings is 2. The largest absolute Gasteiger partial charge is 0.337 e. The van der Waals surface area contributed by atoms with Crippen molar-refractivity contribution in [2.45, 2.75) is 39.7 Å². The highest BCUT2D eigenvalue weighted by Crippen LogP contribution is 2.22. The Morgan fingerprint density at radius 3 is 1.77 bits per heavy atom. The maximum absolute atomic E-state index is 12.4. The third-order valence-electron chi connectivity index (χ3n) is 4.14. The van der Waals surface area contributed by atoms with Gasteiger partial charge in [-0.3, -0.25) is 4.79 Å². The molecule has 0 radical (unpaired) electrons. The second-order valence-electron chi connectivity index (χ2n) is 6.66. The van der Waals surface area contributed by atoms with Gasteiger partial charge in [-0.05, 0) is 56.0 Å². The van der Waals surface area contributed by atoms with Crippen molar-refractivity contribution in [2.24, 2.45) is 0 Å². The lowest BCUT2D eigenvalue weighted by molar-refractivity contribution is 0.0656. The van der Waals surface area contributed by atoms with Crippen LogP contribution in [0.5, 0.6) is 0 Å². The van der Waals surface area contributed by atoms with E-state index < -0.39 is 0 Å². The van der Waals surface area contributed by atoms with Crippen LogP contribution in [0.3, 0.4) is 0 Å². The fraction of sp³-hybridized carbons (Fsp3) is 0.350. The number of hydrogen-bond acceptors (Lipinski definition) is 1. The van der Waals surface area contributed by atoms with E-state index in [4.69, 9.17) is 0 Å². The highest BCUT2D eigenvalue weighted by molar-refractivity contribution is 5.95. The van der Waals surface area contributed by atoms with Crippen LogP contribution in [-0.2, 0) is 6.42 Å². The van der Waals surface area contributed by atoms with E-state index in [1.807, 2.05) is 52.1 Å². The average Bonchev–Trinajstić information content (AvgIpc) is 2.53. The highest BCUT2D eigenvalue weighted by atomic mass is 16.2. The molecule has 0 aliphatic rings. The molecule has 0 aliphatic heterocycles. The number of nitrogens with zero attached hydrogens (tertiary/aromatic N) is 1. The molecular formula is C20H25NO. The van der Waals surface area contributed by atoms with E-state index in [2.05, 4.69) is 31.2 Å². The van der Waals surface area contributed by atoms with Crippen LogP contribution in [0, 0.1) is 0 Å². The first kappa shape index (κ1) is 16.3. The predicted molar refractivity (Wildman–Crippen MR) is 93.1 cm³/mol. The Hall–Kier alpha value is -2.09. The van der Waals surface area contributed by atoms with Crippen molar-refractivity contribution in [1.82, 2.24) is 4.90 Å². The summed E-state index contributed by atoms with van der Waals surface area (Å²) < 4.78 is 0. The maximum Gasteiger partial charge on any atom is 0.254 e. The van der Waals surface area contributed by atoms with Crippen molar-refractivity contribution in [3.8, 4) is 11.1 Å². The van der Waals surface area contributed by atoms with Gasteiger partial charge < -0.3 is 4.90 Å². The lowest BCUT2D eigenvalue weighted by Gasteiger charge is -2.32. The maximum atomic E-state index is 12.4. The molecule has 0 atom stereocenters. The number of rotatable bonds is 3. The molecule has 0 saturated heterocycles. The Bertz CT molecular complexity index is 633. The summed E-state index contributed by atoms with van der Waals surface area (Å²) in [7, 11) is 1.85. The number of aryl methyl sites for hydroxylation is 1. The van der Waals surface area contributed by atoms with Crippen molar-refractivity contribution in [1.29, 1.82) is 0 Å². The van der Waals surface area contributed by atoms with E-state index >= 15 is 0 Å². The number of carbonyl (C=O) groups is 1. The summed E-state index contributed by atoms with van der Waals surface area (Å²) in [4.78, 5) is 14.2. The van der Waals surface area contributed by atoms with Gasteiger partial charge in [0.1, 0.15) is 0 Å². The smallest absolute Gasteiger partial charge is 0.254 e. The van der Waals surface area contributed by atoms with Gasteiger partial charge >= 0.3 is 0 Å². The summed E-state index contributed by atoms with van der Waals surface area (Å²) in [6.45, 7) is 8.26. The molecule has 0 bridgehead atoms. The van der Waals surface area contributed by atoms with Gasteiger partial charge in [-0.25, -0.2) is 0 Å². The van der Waals surface area contributed by atoms with Gasteiger partial charge in [0.2, 0.25) is 0 Å². The molecule has 2 heteroatoms. The molecule has 0 saturated carbocycles. The van der Waals surface area contributed by atoms with Crippen LogP contribution in [0.4, 0.5) is 0 Å². The van der Waals surface area contributed by atoms with E-state index in [0.29, 0.717) is 0 Å². The topological polar surface area (TPSA) is 20.3 Å². The number of carbonyl (C=O) groups excluding carboxylic acids is 1. The minimum absolute atomic E-state index is 0.0559. The normalized spacial score (nSPS) is 11.3. The fourth-order valence-corrected chi connectivity index (χ4v) is 2.24. The third-order valence-corrected chi connectivity index (χ3v) is 4.14. The lowest BCUT2D eigenvalue weighted by atomic mass is 10.0. The molecule has 0 heterocycles. The van der Waals surface area contributed by atoms with E-state index in [1.165, 1.54) is 11.1 Å². The predicted octanol–water partition coefficient (Wildman–Crippen LogP) is 4.79. The van der Waals surface area contributed by atoms with Crippen LogP contribution in [0.2, 0.25) is 0 Å². The first-order chi connectivity index (χ1) is 10.3. The molecule has 1 amide bonds.